The Morgan fingerprint density at radius 2 is 1.96 bits per heavy atom. The van der Waals surface area contributed by atoms with E-state index in [9.17, 15) is 9.59 Å². The van der Waals surface area contributed by atoms with Crippen LogP contribution in [0.3, 0.4) is 0 Å². The number of benzene rings is 1. The summed E-state index contributed by atoms with van der Waals surface area (Å²) in [7, 11) is 0. The lowest BCUT2D eigenvalue weighted by Crippen LogP contribution is -2.34. The van der Waals surface area contributed by atoms with Gasteiger partial charge < -0.3 is 15.3 Å². The molecule has 0 bridgehead atoms. The van der Waals surface area contributed by atoms with Gasteiger partial charge in [0.2, 0.25) is 0 Å². The van der Waals surface area contributed by atoms with E-state index in [1.807, 2.05) is 18.2 Å². The molecule has 2 heterocycles. The van der Waals surface area contributed by atoms with E-state index < -0.39 is 11.8 Å². The van der Waals surface area contributed by atoms with Gasteiger partial charge in [0.25, 0.3) is 11.8 Å². The molecule has 2 amide bonds. The smallest absolute Gasteiger partial charge is 0.277 e. The van der Waals surface area contributed by atoms with Crippen LogP contribution in [0, 0.1) is 0 Å². The van der Waals surface area contributed by atoms with Gasteiger partial charge in [0.15, 0.2) is 0 Å². The van der Waals surface area contributed by atoms with Crippen molar-refractivity contribution in [1.82, 2.24) is 4.90 Å². The molecule has 1 saturated heterocycles. The van der Waals surface area contributed by atoms with Crippen LogP contribution in [-0.4, -0.2) is 48.1 Å². The van der Waals surface area contributed by atoms with E-state index in [0.717, 1.165) is 46.7 Å². The number of carbonyl (C=O) groups excluding carboxylic acids is 2. The van der Waals surface area contributed by atoms with Crippen molar-refractivity contribution in [3.05, 3.63) is 34.4 Å². The standard InChI is InChI=1S/C16H18BrN3O3/c17-11-3-4-12(14(9-11)19-5-1-2-6-19)18-13-10-15(22)20(7-8-21)16(13)23/h3-4,9-10,18,21H,1-2,5-8H2. The Balaban J connectivity index is 1.84. The van der Waals surface area contributed by atoms with Crippen molar-refractivity contribution >= 4 is 39.1 Å². The fourth-order valence-corrected chi connectivity index (χ4v) is 3.23. The van der Waals surface area contributed by atoms with Crippen molar-refractivity contribution in [2.24, 2.45) is 0 Å². The van der Waals surface area contributed by atoms with Crippen LogP contribution < -0.4 is 10.2 Å². The van der Waals surface area contributed by atoms with Gasteiger partial charge >= 0.3 is 0 Å². The van der Waals surface area contributed by atoms with Gasteiger partial charge in [-0.2, -0.15) is 0 Å². The number of halogens is 1. The number of aliphatic hydroxyl groups excluding tert-OH is 1. The second-order valence-corrected chi connectivity index (χ2v) is 6.47. The summed E-state index contributed by atoms with van der Waals surface area (Å²) in [5, 5.41) is 12.0. The van der Waals surface area contributed by atoms with Crippen LogP contribution in [0.1, 0.15) is 12.8 Å². The highest BCUT2D eigenvalue weighted by Gasteiger charge is 2.31. The molecule has 122 valence electrons. The average Bonchev–Trinajstić information content (AvgIpc) is 3.14. The van der Waals surface area contributed by atoms with Gasteiger partial charge in [0.1, 0.15) is 5.70 Å². The van der Waals surface area contributed by atoms with Crippen molar-refractivity contribution in [2.75, 3.05) is 36.5 Å². The molecule has 0 unspecified atom stereocenters. The number of imide groups is 1. The lowest BCUT2D eigenvalue weighted by Gasteiger charge is -2.22. The van der Waals surface area contributed by atoms with Gasteiger partial charge in [-0.15, -0.1) is 0 Å². The summed E-state index contributed by atoms with van der Waals surface area (Å²) in [5.74, 6) is -0.800. The van der Waals surface area contributed by atoms with E-state index in [-0.39, 0.29) is 18.8 Å². The maximum absolute atomic E-state index is 12.3. The number of hydrogen-bond acceptors (Lipinski definition) is 5. The van der Waals surface area contributed by atoms with E-state index in [2.05, 4.69) is 26.1 Å². The third-order valence-electron chi connectivity index (χ3n) is 4.01. The summed E-state index contributed by atoms with van der Waals surface area (Å²) in [6.07, 6.45) is 3.58. The molecule has 0 spiro atoms. The zero-order chi connectivity index (χ0) is 16.4. The summed E-state index contributed by atoms with van der Waals surface area (Å²) >= 11 is 3.48. The van der Waals surface area contributed by atoms with Crippen LogP contribution in [0.15, 0.2) is 34.4 Å². The largest absolute Gasteiger partial charge is 0.395 e. The Hall–Kier alpha value is -1.86. The summed E-state index contributed by atoms with van der Waals surface area (Å²) in [6, 6.07) is 5.81. The zero-order valence-electron chi connectivity index (χ0n) is 12.6. The maximum Gasteiger partial charge on any atom is 0.277 e. The second kappa shape index (κ2) is 6.72. The lowest BCUT2D eigenvalue weighted by atomic mass is 10.2. The molecule has 2 aliphatic heterocycles. The SMILES string of the molecule is O=C1C=C(Nc2ccc(Br)cc2N2CCCC2)C(=O)N1CCO. The fraction of sp³-hybridized carbons (Fsp3) is 0.375. The zero-order valence-corrected chi connectivity index (χ0v) is 14.2. The van der Waals surface area contributed by atoms with Gasteiger partial charge in [-0.25, -0.2) is 0 Å². The Bertz CT molecular complexity index is 669. The molecule has 7 heteroatoms. The molecule has 6 nitrogen and oxygen atoms in total. The highest BCUT2D eigenvalue weighted by Crippen LogP contribution is 2.33. The topological polar surface area (TPSA) is 72.9 Å². The second-order valence-electron chi connectivity index (χ2n) is 5.56. The minimum Gasteiger partial charge on any atom is -0.395 e. The minimum absolute atomic E-state index is 0.0126. The number of carbonyl (C=O) groups is 2. The molecule has 2 aliphatic rings. The molecule has 0 atom stereocenters. The third-order valence-corrected chi connectivity index (χ3v) is 4.50. The molecule has 0 aliphatic carbocycles. The summed E-state index contributed by atoms with van der Waals surface area (Å²) < 4.78 is 0.967. The van der Waals surface area contributed by atoms with Crippen molar-refractivity contribution in [3.8, 4) is 0 Å². The Morgan fingerprint density at radius 1 is 1.22 bits per heavy atom. The number of aliphatic hydroxyl groups is 1. The fourth-order valence-electron chi connectivity index (χ4n) is 2.89. The minimum atomic E-state index is -0.403. The lowest BCUT2D eigenvalue weighted by molar-refractivity contribution is -0.137. The molecule has 23 heavy (non-hydrogen) atoms. The predicted molar refractivity (Wildman–Crippen MR) is 91.1 cm³/mol. The molecule has 1 fully saturated rings. The first-order chi connectivity index (χ1) is 11.1. The molecule has 3 rings (SSSR count). The highest BCUT2D eigenvalue weighted by molar-refractivity contribution is 9.10. The quantitative estimate of drug-likeness (QED) is 0.761. The van der Waals surface area contributed by atoms with Crippen molar-refractivity contribution in [1.29, 1.82) is 0 Å². The van der Waals surface area contributed by atoms with Crippen LogP contribution in [0.5, 0.6) is 0 Å². The normalized spacial score (nSPS) is 17.9. The predicted octanol–water partition coefficient (Wildman–Crippen LogP) is 1.71. The highest BCUT2D eigenvalue weighted by atomic mass is 79.9. The van der Waals surface area contributed by atoms with E-state index in [1.54, 1.807) is 0 Å². The molecule has 0 saturated carbocycles. The van der Waals surface area contributed by atoms with Gasteiger partial charge in [-0.3, -0.25) is 14.5 Å². The van der Waals surface area contributed by atoms with Crippen LogP contribution >= 0.6 is 15.9 Å². The molecule has 2 N–H and O–H groups in total. The van der Waals surface area contributed by atoms with Gasteiger partial charge in [0, 0.05) is 23.6 Å². The third kappa shape index (κ3) is 3.25. The maximum atomic E-state index is 12.3. The van der Waals surface area contributed by atoms with Crippen molar-refractivity contribution < 1.29 is 14.7 Å². The first-order valence-corrected chi connectivity index (χ1v) is 8.39. The van der Waals surface area contributed by atoms with Gasteiger partial charge in [-0.1, -0.05) is 15.9 Å². The molecular formula is C16H18BrN3O3. The number of nitrogens with zero attached hydrogens (tertiary/aromatic N) is 2. The van der Waals surface area contributed by atoms with E-state index in [4.69, 9.17) is 5.11 Å². The molecule has 0 aromatic heterocycles. The summed E-state index contributed by atoms with van der Waals surface area (Å²) in [6.45, 7) is 1.73. The number of nitrogens with one attached hydrogen (secondary N) is 1. The number of hydrogen-bond donors (Lipinski definition) is 2. The first kappa shape index (κ1) is 16.0. The van der Waals surface area contributed by atoms with Crippen molar-refractivity contribution in [3.63, 3.8) is 0 Å². The van der Waals surface area contributed by atoms with E-state index in [0.29, 0.717) is 0 Å². The average molecular weight is 380 g/mol. The van der Waals surface area contributed by atoms with Gasteiger partial charge in [0.05, 0.1) is 24.5 Å². The molecule has 1 aromatic rings. The van der Waals surface area contributed by atoms with Gasteiger partial charge in [-0.05, 0) is 31.0 Å². The number of anilines is 2. The Kier molecular flexibility index (Phi) is 4.68. The molecule has 0 radical (unpaired) electrons. The van der Waals surface area contributed by atoms with Crippen LogP contribution in [0.2, 0.25) is 0 Å². The Labute approximate surface area is 142 Å². The van der Waals surface area contributed by atoms with E-state index in [1.165, 1.54) is 6.08 Å². The summed E-state index contributed by atoms with van der Waals surface area (Å²) in [4.78, 5) is 27.4. The molecule has 1 aromatic carbocycles. The van der Waals surface area contributed by atoms with Crippen LogP contribution in [0.25, 0.3) is 0 Å². The van der Waals surface area contributed by atoms with Crippen LogP contribution in [0.4, 0.5) is 11.4 Å². The van der Waals surface area contributed by atoms with Crippen LogP contribution in [-0.2, 0) is 9.59 Å². The van der Waals surface area contributed by atoms with E-state index >= 15 is 0 Å². The molecular weight excluding hydrogens is 362 g/mol. The Morgan fingerprint density at radius 3 is 2.65 bits per heavy atom. The monoisotopic (exact) mass is 379 g/mol. The van der Waals surface area contributed by atoms with Crippen molar-refractivity contribution in [2.45, 2.75) is 12.8 Å². The summed E-state index contributed by atoms with van der Waals surface area (Å²) in [5.41, 5.74) is 2.05. The number of amides is 2. The number of β-amino-alcohol motifs (C(OH)–C–C–N with tert-alkyl or cyclic N) is 1. The first-order valence-electron chi connectivity index (χ1n) is 7.60. The number of rotatable bonds is 5.